The molecule has 0 saturated heterocycles. The van der Waals surface area contributed by atoms with E-state index in [1.807, 2.05) is 18.2 Å². The van der Waals surface area contributed by atoms with Gasteiger partial charge in [0.1, 0.15) is 13.2 Å². The first-order valence-electron chi connectivity index (χ1n) is 6.46. The molecule has 2 N–H and O–H groups in total. The van der Waals surface area contributed by atoms with Crippen LogP contribution in [0.2, 0.25) is 0 Å². The van der Waals surface area contributed by atoms with Crippen LogP contribution >= 0.6 is 0 Å². The third-order valence-electron chi connectivity index (χ3n) is 3.11. The lowest BCUT2D eigenvalue weighted by Crippen LogP contribution is -2.16. The maximum absolute atomic E-state index is 6.17. The van der Waals surface area contributed by atoms with Gasteiger partial charge in [0.05, 0.1) is 0 Å². The van der Waals surface area contributed by atoms with Crippen molar-refractivity contribution in [2.24, 2.45) is 5.73 Å². The molecule has 0 bridgehead atoms. The molecule has 0 spiro atoms. The molecule has 17 heavy (non-hydrogen) atoms. The number of fused-ring (bicyclic) bond motifs is 1. The van der Waals surface area contributed by atoms with Crippen LogP contribution in [0.1, 0.15) is 44.2 Å². The average molecular weight is 235 g/mol. The van der Waals surface area contributed by atoms with Crippen LogP contribution < -0.4 is 15.2 Å². The Balaban J connectivity index is 2.00. The average Bonchev–Trinajstić information content (AvgIpc) is 2.38. The molecular weight excluding hydrogens is 214 g/mol. The molecule has 1 unspecified atom stereocenters. The Morgan fingerprint density at radius 3 is 2.71 bits per heavy atom. The first kappa shape index (κ1) is 12.2. The van der Waals surface area contributed by atoms with Gasteiger partial charge in [0.2, 0.25) is 0 Å². The second kappa shape index (κ2) is 5.92. The summed E-state index contributed by atoms with van der Waals surface area (Å²) >= 11 is 0. The minimum atomic E-state index is 0.109. The molecule has 94 valence electrons. The molecule has 0 aromatic heterocycles. The van der Waals surface area contributed by atoms with Gasteiger partial charge in [0, 0.05) is 6.04 Å². The third kappa shape index (κ3) is 3.13. The normalized spacial score (nSPS) is 15.6. The predicted octanol–water partition coefficient (Wildman–Crippen LogP) is 3.04. The topological polar surface area (TPSA) is 44.5 Å². The number of hydrogen-bond acceptors (Lipinski definition) is 3. The summed E-state index contributed by atoms with van der Waals surface area (Å²) in [5.74, 6) is 1.67. The van der Waals surface area contributed by atoms with Crippen molar-refractivity contribution in [2.45, 2.75) is 38.6 Å². The molecule has 0 radical (unpaired) electrons. The van der Waals surface area contributed by atoms with Gasteiger partial charge in [-0.25, -0.2) is 0 Å². The Morgan fingerprint density at radius 2 is 1.94 bits per heavy atom. The van der Waals surface area contributed by atoms with E-state index in [1.165, 1.54) is 19.3 Å². The zero-order valence-electron chi connectivity index (χ0n) is 10.4. The molecule has 1 aliphatic rings. The minimum Gasteiger partial charge on any atom is -0.486 e. The quantitative estimate of drug-likeness (QED) is 0.798. The van der Waals surface area contributed by atoms with Crippen molar-refractivity contribution < 1.29 is 9.47 Å². The summed E-state index contributed by atoms with van der Waals surface area (Å²) in [5.41, 5.74) is 7.32. The highest BCUT2D eigenvalue weighted by molar-refractivity contribution is 5.44. The fourth-order valence-corrected chi connectivity index (χ4v) is 2.07. The van der Waals surface area contributed by atoms with Crippen LogP contribution in [0.3, 0.4) is 0 Å². The van der Waals surface area contributed by atoms with Crippen LogP contribution in [0.25, 0.3) is 0 Å². The minimum absolute atomic E-state index is 0.109. The van der Waals surface area contributed by atoms with Gasteiger partial charge in [-0.05, 0) is 24.1 Å². The highest BCUT2D eigenvalue weighted by Crippen LogP contribution is 2.33. The molecular formula is C14H21NO2. The van der Waals surface area contributed by atoms with E-state index in [2.05, 4.69) is 6.92 Å². The number of nitrogens with two attached hydrogens (primary N) is 1. The van der Waals surface area contributed by atoms with Crippen LogP contribution in [0.15, 0.2) is 18.2 Å². The van der Waals surface area contributed by atoms with Crippen LogP contribution in [0.5, 0.6) is 11.5 Å². The van der Waals surface area contributed by atoms with Gasteiger partial charge < -0.3 is 15.2 Å². The second-order valence-corrected chi connectivity index (χ2v) is 4.51. The van der Waals surface area contributed by atoms with Gasteiger partial charge in [-0.2, -0.15) is 0 Å². The Bertz CT molecular complexity index is 365. The number of unbranched alkanes of at least 4 members (excludes halogenated alkanes) is 2. The molecule has 1 aliphatic heterocycles. The molecule has 1 aromatic carbocycles. The smallest absolute Gasteiger partial charge is 0.161 e. The summed E-state index contributed by atoms with van der Waals surface area (Å²) in [5, 5.41) is 0. The van der Waals surface area contributed by atoms with E-state index in [1.54, 1.807) is 0 Å². The molecule has 1 atom stereocenters. The third-order valence-corrected chi connectivity index (χ3v) is 3.11. The monoisotopic (exact) mass is 235 g/mol. The molecule has 0 fully saturated rings. The van der Waals surface area contributed by atoms with Crippen molar-refractivity contribution in [1.29, 1.82) is 0 Å². The highest BCUT2D eigenvalue weighted by Gasteiger charge is 2.14. The summed E-state index contributed by atoms with van der Waals surface area (Å²) < 4.78 is 11.1. The van der Waals surface area contributed by atoms with Crippen molar-refractivity contribution in [2.75, 3.05) is 13.2 Å². The summed E-state index contributed by atoms with van der Waals surface area (Å²) in [6.45, 7) is 3.46. The predicted molar refractivity (Wildman–Crippen MR) is 68.5 cm³/mol. The van der Waals surface area contributed by atoms with Crippen LogP contribution in [0, 0.1) is 0 Å². The van der Waals surface area contributed by atoms with E-state index in [9.17, 15) is 0 Å². The molecule has 2 rings (SSSR count). The van der Waals surface area contributed by atoms with Crippen LogP contribution in [0.4, 0.5) is 0 Å². The Hall–Kier alpha value is -1.22. The summed E-state index contributed by atoms with van der Waals surface area (Å²) in [6.07, 6.45) is 4.70. The first-order chi connectivity index (χ1) is 8.31. The molecule has 1 aromatic rings. The molecule has 0 amide bonds. The van der Waals surface area contributed by atoms with Gasteiger partial charge in [-0.3, -0.25) is 0 Å². The van der Waals surface area contributed by atoms with E-state index < -0.39 is 0 Å². The van der Waals surface area contributed by atoms with Crippen molar-refractivity contribution in [1.82, 2.24) is 0 Å². The van der Waals surface area contributed by atoms with Crippen LogP contribution in [-0.4, -0.2) is 13.2 Å². The zero-order chi connectivity index (χ0) is 12.1. The lowest BCUT2D eigenvalue weighted by Gasteiger charge is -2.20. The fourth-order valence-electron chi connectivity index (χ4n) is 2.07. The lowest BCUT2D eigenvalue weighted by molar-refractivity contribution is 0.171. The van der Waals surface area contributed by atoms with E-state index >= 15 is 0 Å². The van der Waals surface area contributed by atoms with Crippen LogP contribution in [-0.2, 0) is 0 Å². The number of hydrogen-bond donors (Lipinski definition) is 1. The van der Waals surface area contributed by atoms with E-state index in [-0.39, 0.29) is 6.04 Å². The van der Waals surface area contributed by atoms with Crippen molar-refractivity contribution >= 4 is 0 Å². The summed E-state index contributed by atoms with van der Waals surface area (Å²) in [4.78, 5) is 0. The Kier molecular flexibility index (Phi) is 4.26. The van der Waals surface area contributed by atoms with E-state index in [0.29, 0.717) is 13.2 Å². The Labute approximate surface area is 103 Å². The summed E-state index contributed by atoms with van der Waals surface area (Å²) in [6, 6.07) is 6.14. The molecule has 0 saturated carbocycles. The van der Waals surface area contributed by atoms with E-state index in [4.69, 9.17) is 15.2 Å². The maximum Gasteiger partial charge on any atom is 0.161 e. The molecule has 3 nitrogen and oxygen atoms in total. The maximum atomic E-state index is 6.17. The first-order valence-corrected chi connectivity index (χ1v) is 6.46. The lowest BCUT2D eigenvalue weighted by atomic mass is 10.0. The van der Waals surface area contributed by atoms with Crippen molar-refractivity contribution in [3.05, 3.63) is 23.8 Å². The van der Waals surface area contributed by atoms with E-state index in [0.717, 1.165) is 23.5 Å². The molecule has 1 heterocycles. The SMILES string of the molecule is CCCCCC(N)c1ccc2c(c1)OCCO2. The van der Waals surface area contributed by atoms with Crippen molar-refractivity contribution in [3.63, 3.8) is 0 Å². The zero-order valence-corrected chi connectivity index (χ0v) is 10.4. The van der Waals surface area contributed by atoms with Gasteiger partial charge in [-0.1, -0.05) is 32.3 Å². The fraction of sp³-hybridized carbons (Fsp3) is 0.571. The molecule has 3 heteroatoms. The van der Waals surface area contributed by atoms with Gasteiger partial charge in [0.25, 0.3) is 0 Å². The number of benzene rings is 1. The highest BCUT2D eigenvalue weighted by atomic mass is 16.6. The number of ether oxygens (including phenoxy) is 2. The molecule has 0 aliphatic carbocycles. The second-order valence-electron chi connectivity index (χ2n) is 4.51. The summed E-state index contributed by atoms with van der Waals surface area (Å²) in [7, 11) is 0. The Morgan fingerprint density at radius 1 is 1.18 bits per heavy atom. The largest absolute Gasteiger partial charge is 0.486 e. The van der Waals surface area contributed by atoms with Crippen molar-refractivity contribution in [3.8, 4) is 11.5 Å². The standard InChI is InChI=1S/C14H21NO2/c1-2-3-4-5-12(15)11-6-7-13-14(10-11)17-9-8-16-13/h6-7,10,12H,2-5,8-9,15H2,1H3. The van der Waals surface area contributed by atoms with Gasteiger partial charge >= 0.3 is 0 Å². The van der Waals surface area contributed by atoms with Gasteiger partial charge in [-0.15, -0.1) is 0 Å². The number of rotatable bonds is 5. The van der Waals surface area contributed by atoms with Gasteiger partial charge in [0.15, 0.2) is 11.5 Å².